The van der Waals surface area contributed by atoms with Crippen molar-refractivity contribution in [3.8, 4) is 0 Å². The third kappa shape index (κ3) is 3.46. The van der Waals surface area contributed by atoms with Crippen LogP contribution in [0.25, 0.3) is 0 Å². The van der Waals surface area contributed by atoms with E-state index in [1.807, 2.05) is 20.8 Å². The maximum Gasteiger partial charge on any atom is 0.262 e. The van der Waals surface area contributed by atoms with E-state index in [0.717, 1.165) is 0 Å². The van der Waals surface area contributed by atoms with Crippen molar-refractivity contribution in [3.63, 3.8) is 0 Å². The van der Waals surface area contributed by atoms with Gasteiger partial charge in [-0.1, -0.05) is 25.9 Å². The van der Waals surface area contributed by atoms with Crippen molar-refractivity contribution in [2.24, 2.45) is 5.92 Å². The number of aliphatic hydroxyl groups is 1. The summed E-state index contributed by atoms with van der Waals surface area (Å²) in [5, 5.41) is 14.5. The Hall–Kier alpha value is -1.78. The minimum atomic E-state index is -3.78. The second-order valence-electron chi connectivity index (χ2n) is 6.79. The van der Waals surface area contributed by atoms with Gasteiger partial charge in [0.05, 0.1) is 12.9 Å². The molecule has 2 aromatic heterocycles. The summed E-state index contributed by atoms with van der Waals surface area (Å²) in [4.78, 5) is 8.16. The molecular weight excluding hydrogens is 346 g/mol. The molecule has 1 atom stereocenters. The van der Waals surface area contributed by atoms with E-state index in [2.05, 4.69) is 15.1 Å². The van der Waals surface area contributed by atoms with Crippen LogP contribution in [0.3, 0.4) is 0 Å². The fourth-order valence-electron chi connectivity index (χ4n) is 2.85. The van der Waals surface area contributed by atoms with Crippen LogP contribution in [0.1, 0.15) is 38.9 Å². The number of hydrogen-bond donors (Lipinski definition) is 1. The molecule has 3 rings (SSSR count). The minimum absolute atomic E-state index is 0.0165. The van der Waals surface area contributed by atoms with E-state index < -0.39 is 15.6 Å². The zero-order valence-electron chi connectivity index (χ0n) is 14.6. The molecule has 138 valence electrons. The Morgan fingerprint density at radius 3 is 2.84 bits per heavy atom. The van der Waals surface area contributed by atoms with Gasteiger partial charge in [0, 0.05) is 32.1 Å². The van der Waals surface area contributed by atoms with Gasteiger partial charge in [-0.3, -0.25) is 0 Å². The molecule has 0 saturated carbocycles. The van der Waals surface area contributed by atoms with Gasteiger partial charge in [-0.2, -0.15) is 9.29 Å². The van der Waals surface area contributed by atoms with Crippen LogP contribution in [0.4, 0.5) is 0 Å². The van der Waals surface area contributed by atoms with Crippen molar-refractivity contribution >= 4 is 10.0 Å². The molecule has 25 heavy (non-hydrogen) atoms. The SMILES string of the molecule is CCc1noc([C@@]2(O)CCN(S(=O)(=O)c3cn(CC(C)C)cn3)C2)n1. The highest BCUT2D eigenvalue weighted by Crippen LogP contribution is 2.33. The average molecular weight is 369 g/mol. The zero-order valence-corrected chi connectivity index (χ0v) is 15.4. The van der Waals surface area contributed by atoms with E-state index in [1.165, 1.54) is 16.8 Å². The lowest BCUT2D eigenvalue weighted by Gasteiger charge is -2.18. The van der Waals surface area contributed by atoms with Crippen molar-refractivity contribution in [1.29, 1.82) is 0 Å². The molecule has 10 heteroatoms. The summed E-state index contributed by atoms with van der Waals surface area (Å²) in [6, 6.07) is 0. The lowest BCUT2D eigenvalue weighted by molar-refractivity contribution is 0.0194. The van der Waals surface area contributed by atoms with Crippen LogP contribution in [0.5, 0.6) is 0 Å². The number of aromatic nitrogens is 4. The van der Waals surface area contributed by atoms with Crippen LogP contribution in [0.15, 0.2) is 22.1 Å². The molecule has 1 aliphatic heterocycles. The second kappa shape index (κ2) is 6.50. The summed E-state index contributed by atoms with van der Waals surface area (Å²) in [5.74, 6) is 0.927. The maximum atomic E-state index is 12.8. The summed E-state index contributed by atoms with van der Waals surface area (Å²) >= 11 is 0. The quantitative estimate of drug-likeness (QED) is 0.799. The van der Waals surface area contributed by atoms with Gasteiger partial charge in [-0.25, -0.2) is 13.4 Å². The van der Waals surface area contributed by atoms with E-state index in [1.54, 1.807) is 4.57 Å². The molecule has 1 saturated heterocycles. The predicted octanol–water partition coefficient (Wildman–Crippen LogP) is 0.767. The van der Waals surface area contributed by atoms with E-state index in [-0.39, 0.29) is 30.4 Å². The monoisotopic (exact) mass is 369 g/mol. The molecule has 0 radical (unpaired) electrons. The Morgan fingerprint density at radius 2 is 2.20 bits per heavy atom. The molecule has 3 heterocycles. The average Bonchev–Trinajstić information content (AvgIpc) is 3.25. The van der Waals surface area contributed by atoms with Crippen molar-refractivity contribution in [1.82, 2.24) is 24.0 Å². The van der Waals surface area contributed by atoms with Crippen LogP contribution in [-0.2, 0) is 28.6 Å². The van der Waals surface area contributed by atoms with Crippen molar-refractivity contribution in [3.05, 3.63) is 24.2 Å². The summed E-state index contributed by atoms with van der Waals surface area (Å²) < 4.78 is 33.6. The van der Waals surface area contributed by atoms with Gasteiger partial charge in [0.2, 0.25) is 0 Å². The topological polar surface area (TPSA) is 114 Å². The third-order valence-corrected chi connectivity index (χ3v) is 5.92. The number of imidazole rings is 1. The van der Waals surface area contributed by atoms with Gasteiger partial charge < -0.3 is 14.2 Å². The first kappa shape index (κ1) is 18.0. The normalized spacial score (nSPS) is 22.1. The first-order valence-electron chi connectivity index (χ1n) is 8.32. The van der Waals surface area contributed by atoms with Gasteiger partial charge in [0.1, 0.15) is 0 Å². The summed E-state index contributed by atoms with van der Waals surface area (Å²) in [5.41, 5.74) is -1.46. The van der Waals surface area contributed by atoms with Gasteiger partial charge in [0.25, 0.3) is 15.9 Å². The number of nitrogens with zero attached hydrogens (tertiary/aromatic N) is 5. The Morgan fingerprint density at radius 1 is 1.44 bits per heavy atom. The molecule has 1 fully saturated rings. The fraction of sp³-hybridized carbons (Fsp3) is 0.667. The van der Waals surface area contributed by atoms with Crippen molar-refractivity contribution in [2.45, 2.75) is 50.8 Å². The molecule has 0 spiro atoms. The number of sulfonamides is 1. The standard InChI is InChI=1S/C15H23N5O4S/c1-4-12-17-14(24-18-12)15(21)5-6-20(9-15)25(22,23)13-8-19(10-16-13)7-11(2)3/h8,10-11,21H,4-7,9H2,1-3H3/t15-/m1/s1. The van der Waals surface area contributed by atoms with Gasteiger partial charge in [0.15, 0.2) is 16.5 Å². The summed E-state index contributed by atoms with van der Waals surface area (Å²) in [6.45, 7) is 6.69. The van der Waals surface area contributed by atoms with E-state index in [0.29, 0.717) is 24.7 Å². The van der Waals surface area contributed by atoms with Crippen LogP contribution in [0.2, 0.25) is 0 Å². The smallest absolute Gasteiger partial charge is 0.262 e. The van der Waals surface area contributed by atoms with E-state index in [4.69, 9.17) is 4.52 Å². The first-order valence-corrected chi connectivity index (χ1v) is 9.76. The molecule has 0 aliphatic carbocycles. The van der Waals surface area contributed by atoms with Gasteiger partial charge in [-0.15, -0.1) is 0 Å². The number of aryl methyl sites for hydroxylation is 1. The van der Waals surface area contributed by atoms with Crippen LogP contribution in [-0.4, -0.2) is 50.6 Å². The number of rotatable bonds is 6. The molecule has 1 aliphatic rings. The lowest BCUT2D eigenvalue weighted by Crippen LogP contribution is -2.34. The molecule has 0 unspecified atom stereocenters. The molecule has 9 nitrogen and oxygen atoms in total. The highest BCUT2D eigenvalue weighted by Gasteiger charge is 2.47. The molecular formula is C15H23N5O4S. The molecule has 0 bridgehead atoms. The number of hydrogen-bond acceptors (Lipinski definition) is 7. The molecule has 1 N–H and O–H groups in total. The van der Waals surface area contributed by atoms with Crippen LogP contribution < -0.4 is 0 Å². The van der Waals surface area contributed by atoms with Crippen molar-refractivity contribution < 1.29 is 18.0 Å². The maximum absolute atomic E-state index is 12.8. The Kier molecular flexibility index (Phi) is 4.69. The highest BCUT2D eigenvalue weighted by molar-refractivity contribution is 7.89. The van der Waals surface area contributed by atoms with Gasteiger partial charge >= 0.3 is 0 Å². The largest absolute Gasteiger partial charge is 0.379 e. The Bertz CT molecular complexity index is 844. The lowest BCUT2D eigenvalue weighted by atomic mass is 10.0. The Balaban J connectivity index is 1.79. The van der Waals surface area contributed by atoms with Crippen LogP contribution >= 0.6 is 0 Å². The minimum Gasteiger partial charge on any atom is -0.379 e. The van der Waals surface area contributed by atoms with Gasteiger partial charge in [-0.05, 0) is 5.92 Å². The summed E-state index contributed by atoms with van der Waals surface area (Å²) in [6.07, 6.45) is 3.81. The fourth-order valence-corrected chi connectivity index (χ4v) is 4.28. The number of β-amino-alcohol motifs (C(OH)–C–C–N with tert-alkyl or cyclic N) is 1. The van der Waals surface area contributed by atoms with Crippen LogP contribution in [0, 0.1) is 5.92 Å². The van der Waals surface area contributed by atoms with Crippen molar-refractivity contribution in [2.75, 3.05) is 13.1 Å². The summed E-state index contributed by atoms with van der Waals surface area (Å²) in [7, 11) is -3.78. The third-order valence-electron chi connectivity index (χ3n) is 4.18. The molecule has 0 aromatic carbocycles. The zero-order chi connectivity index (χ0) is 18.2. The van der Waals surface area contributed by atoms with E-state index >= 15 is 0 Å². The molecule has 2 aromatic rings. The molecule has 0 amide bonds. The second-order valence-corrected chi connectivity index (χ2v) is 8.68. The Labute approximate surface area is 146 Å². The first-order chi connectivity index (χ1) is 11.7. The van der Waals surface area contributed by atoms with E-state index in [9.17, 15) is 13.5 Å². The predicted molar refractivity (Wildman–Crippen MR) is 88.0 cm³/mol. The highest BCUT2D eigenvalue weighted by atomic mass is 32.2.